The molecule has 0 unspecified atom stereocenters. The smallest absolute Gasteiger partial charge is 0.222 e. The molecular formula is C29H51N3O14. The van der Waals surface area contributed by atoms with Crippen molar-refractivity contribution in [1.82, 2.24) is 16.0 Å². The number of hydrogen-bond donors (Lipinski definition) is 9. The standard InChI is InChI=1S/C29H51N3O14/c1-4-30-19(34)9-5-6-10-20(35)32-17(18(33)8-7-12-43-28-26(41)24(39)22(37)15(2)45-28)14-21(36)31-11-13-44-29-27(42)25(40)23(38)16(3)46-29/h15-17,22-29,37-42H,4-14H2,1-3H3,(H,30,34)(H,31,36)(H,32,35)/t15-,16-,17-,22+,23+,24+,25+,26-,27-,28+,29+/m0/s1. The summed E-state index contributed by atoms with van der Waals surface area (Å²) < 4.78 is 21.5. The van der Waals surface area contributed by atoms with E-state index < -0.39 is 85.1 Å². The normalized spacial score (nSPS) is 31.9. The predicted octanol–water partition coefficient (Wildman–Crippen LogP) is -3.29. The highest BCUT2D eigenvalue weighted by molar-refractivity contribution is 5.93. The average Bonchev–Trinajstić information content (AvgIpc) is 3.01. The van der Waals surface area contributed by atoms with E-state index in [2.05, 4.69) is 16.0 Å². The molecule has 11 atom stereocenters. The summed E-state index contributed by atoms with van der Waals surface area (Å²) in [4.78, 5) is 50.0. The largest absolute Gasteiger partial charge is 0.388 e. The number of Topliss-reactive ketones (excluding diaryl/α,β-unsaturated/α-hetero) is 1. The Kier molecular flexibility index (Phi) is 17.4. The fourth-order valence-electron chi connectivity index (χ4n) is 4.91. The van der Waals surface area contributed by atoms with Crippen LogP contribution in [0.25, 0.3) is 0 Å². The third kappa shape index (κ3) is 12.7. The first-order valence-corrected chi connectivity index (χ1v) is 15.7. The van der Waals surface area contributed by atoms with E-state index >= 15 is 0 Å². The van der Waals surface area contributed by atoms with Gasteiger partial charge in [-0.25, -0.2) is 0 Å². The van der Waals surface area contributed by atoms with Gasteiger partial charge in [-0.1, -0.05) is 0 Å². The van der Waals surface area contributed by atoms with Gasteiger partial charge in [0.15, 0.2) is 18.4 Å². The van der Waals surface area contributed by atoms with Gasteiger partial charge in [0.2, 0.25) is 17.7 Å². The highest BCUT2D eigenvalue weighted by atomic mass is 16.7. The minimum atomic E-state index is -1.50. The Morgan fingerprint density at radius 3 is 1.72 bits per heavy atom. The van der Waals surface area contributed by atoms with Gasteiger partial charge in [-0.3, -0.25) is 19.2 Å². The minimum Gasteiger partial charge on any atom is -0.388 e. The zero-order valence-electron chi connectivity index (χ0n) is 26.6. The zero-order valence-corrected chi connectivity index (χ0v) is 26.6. The summed E-state index contributed by atoms with van der Waals surface area (Å²) in [6, 6.07) is -1.17. The van der Waals surface area contributed by atoms with Crippen LogP contribution in [0.5, 0.6) is 0 Å². The van der Waals surface area contributed by atoms with Crippen molar-refractivity contribution in [2.45, 2.75) is 133 Å². The Bertz CT molecular complexity index is 973. The van der Waals surface area contributed by atoms with Crippen molar-refractivity contribution in [3.05, 3.63) is 0 Å². The Labute approximate surface area is 267 Å². The first kappa shape index (κ1) is 39.9. The minimum absolute atomic E-state index is 0.0354. The number of ether oxygens (including phenoxy) is 4. The number of nitrogens with one attached hydrogen (secondary N) is 3. The van der Waals surface area contributed by atoms with E-state index in [0.29, 0.717) is 19.4 Å². The molecule has 266 valence electrons. The van der Waals surface area contributed by atoms with Crippen LogP contribution in [0.4, 0.5) is 0 Å². The van der Waals surface area contributed by atoms with E-state index in [1.54, 1.807) is 6.92 Å². The molecule has 3 amide bonds. The van der Waals surface area contributed by atoms with Crippen molar-refractivity contribution in [2.24, 2.45) is 0 Å². The lowest BCUT2D eigenvalue weighted by Crippen LogP contribution is -2.57. The lowest BCUT2D eigenvalue weighted by molar-refractivity contribution is -0.293. The zero-order chi connectivity index (χ0) is 34.4. The summed E-state index contributed by atoms with van der Waals surface area (Å²) in [7, 11) is 0. The van der Waals surface area contributed by atoms with Gasteiger partial charge >= 0.3 is 0 Å². The van der Waals surface area contributed by atoms with Gasteiger partial charge in [-0.15, -0.1) is 0 Å². The first-order valence-electron chi connectivity index (χ1n) is 15.7. The fraction of sp³-hybridized carbons (Fsp3) is 0.862. The second-order valence-electron chi connectivity index (χ2n) is 11.5. The number of aliphatic hydroxyl groups excluding tert-OH is 6. The van der Waals surface area contributed by atoms with Gasteiger partial charge in [0.1, 0.15) is 36.6 Å². The molecule has 0 radical (unpaired) electrons. The van der Waals surface area contributed by atoms with E-state index in [4.69, 9.17) is 18.9 Å². The molecule has 9 N–H and O–H groups in total. The molecular weight excluding hydrogens is 614 g/mol. The second kappa shape index (κ2) is 20.1. The van der Waals surface area contributed by atoms with E-state index in [1.807, 2.05) is 0 Å². The van der Waals surface area contributed by atoms with Gasteiger partial charge in [-0.2, -0.15) is 0 Å². The van der Waals surface area contributed by atoms with Crippen LogP contribution in [-0.4, -0.2) is 148 Å². The number of carbonyl (C=O) groups excluding carboxylic acids is 4. The molecule has 2 heterocycles. The Balaban J connectivity index is 1.85. The maximum atomic E-state index is 13.1. The van der Waals surface area contributed by atoms with Crippen molar-refractivity contribution in [1.29, 1.82) is 0 Å². The maximum Gasteiger partial charge on any atom is 0.222 e. The summed E-state index contributed by atoms with van der Waals surface area (Å²) in [5.74, 6) is -1.64. The topological polar surface area (TPSA) is 263 Å². The van der Waals surface area contributed by atoms with Crippen LogP contribution >= 0.6 is 0 Å². The van der Waals surface area contributed by atoms with E-state index in [-0.39, 0.29) is 57.8 Å². The summed E-state index contributed by atoms with van der Waals surface area (Å²) >= 11 is 0. The molecule has 17 nitrogen and oxygen atoms in total. The molecule has 0 aromatic carbocycles. The third-order valence-corrected chi connectivity index (χ3v) is 7.72. The second-order valence-corrected chi connectivity index (χ2v) is 11.5. The highest BCUT2D eigenvalue weighted by Gasteiger charge is 2.43. The highest BCUT2D eigenvalue weighted by Crippen LogP contribution is 2.23. The van der Waals surface area contributed by atoms with Crippen LogP contribution in [0.15, 0.2) is 0 Å². The molecule has 0 spiro atoms. The van der Waals surface area contributed by atoms with Crippen LogP contribution in [0, 0.1) is 0 Å². The van der Waals surface area contributed by atoms with Crippen LogP contribution in [0.2, 0.25) is 0 Å². The van der Waals surface area contributed by atoms with Crippen molar-refractivity contribution >= 4 is 23.5 Å². The van der Waals surface area contributed by atoms with E-state index in [1.165, 1.54) is 13.8 Å². The number of hydrogen-bond acceptors (Lipinski definition) is 14. The van der Waals surface area contributed by atoms with Crippen LogP contribution in [-0.2, 0) is 38.1 Å². The fourth-order valence-corrected chi connectivity index (χ4v) is 4.91. The number of rotatable bonds is 19. The Morgan fingerprint density at radius 2 is 1.17 bits per heavy atom. The maximum absolute atomic E-state index is 13.1. The number of amides is 3. The van der Waals surface area contributed by atoms with Crippen molar-refractivity contribution in [3.63, 3.8) is 0 Å². The third-order valence-electron chi connectivity index (χ3n) is 7.72. The molecule has 0 saturated carbocycles. The van der Waals surface area contributed by atoms with Crippen molar-refractivity contribution in [3.8, 4) is 0 Å². The lowest BCUT2D eigenvalue weighted by atomic mass is 10.00. The van der Waals surface area contributed by atoms with Crippen molar-refractivity contribution < 1.29 is 68.8 Å². The first-order chi connectivity index (χ1) is 21.8. The molecule has 0 bridgehead atoms. The van der Waals surface area contributed by atoms with Crippen LogP contribution < -0.4 is 16.0 Å². The summed E-state index contributed by atoms with van der Waals surface area (Å²) in [6.07, 6.45) is -11.8. The molecule has 0 aromatic heterocycles. The quantitative estimate of drug-likeness (QED) is 0.0613. The summed E-state index contributed by atoms with van der Waals surface area (Å²) in [5, 5.41) is 67.3. The van der Waals surface area contributed by atoms with Crippen molar-refractivity contribution in [2.75, 3.05) is 26.3 Å². The molecule has 2 fully saturated rings. The van der Waals surface area contributed by atoms with E-state index in [0.717, 1.165) is 0 Å². The summed E-state index contributed by atoms with van der Waals surface area (Å²) in [5.41, 5.74) is 0. The molecule has 2 aliphatic rings. The molecule has 2 saturated heterocycles. The van der Waals surface area contributed by atoms with Gasteiger partial charge in [-0.05, 0) is 40.0 Å². The molecule has 0 aliphatic carbocycles. The number of ketones is 1. The van der Waals surface area contributed by atoms with Crippen LogP contribution in [0.1, 0.15) is 65.7 Å². The SMILES string of the molecule is CCNC(=O)CCCCC(=O)N[C@@H](CC(=O)NCCO[C@@H]1O[C@@H](C)[C@@H](O)[C@@H](O)[C@@H]1O)C(=O)CCCO[C@@H]1O[C@@H](C)[C@@H](O)[C@@H](O)[C@@H]1O. The Hall–Kier alpha value is -2.32. The van der Waals surface area contributed by atoms with Gasteiger partial charge in [0.05, 0.1) is 37.9 Å². The van der Waals surface area contributed by atoms with Gasteiger partial charge in [0, 0.05) is 32.4 Å². The molecule has 46 heavy (non-hydrogen) atoms. The molecule has 2 aliphatic heterocycles. The van der Waals surface area contributed by atoms with Crippen LogP contribution in [0.3, 0.4) is 0 Å². The number of unbranched alkanes of at least 4 members (excludes halogenated alkanes) is 1. The number of aliphatic hydroxyl groups is 6. The van der Waals surface area contributed by atoms with Gasteiger partial charge < -0.3 is 65.5 Å². The lowest BCUT2D eigenvalue weighted by Gasteiger charge is -2.38. The monoisotopic (exact) mass is 665 g/mol. The Morgan fingerprint density at radius 1 is 0.652 bits per heavy atom. The predicted molar refractivity (Wildman–Crippen MR) is 158 cm³/mol. The van der Waals surface area contributed by atoms with E-state index in [9.17, 15) is 49.8 Å². The van der Waals surface area contributed by atoms with Gasteiger partial charge in [0.25, 0.3) is 0 Å². The molecule has 0 aromatic rings. The number of carbonyl (C=O) groups is 4. The summed E-state index contributed by atoms with van der Waals surface area (Å²) in [6.45, 7) is 5.07. The molecule has 17 heteroatoms. The average molecular weight is 666 g/mol. The molecule has 2 rings (SSSR count).